The highest BCUT2D eigenvalue weighted by Gasteiger charge is 2.21. The van der Waals surface area contributed by atoms with Crippen molar-refractivity contribution in [2.45, 2.75) is 26.2 Å². The molecule has 2 N–H and O–H groups in total. The van der Waals surface area contributed by atoms with E-state index in [4.69, 9.17) is 10.5 Å². The number of nitrogens with zero attached hydrogens (tertiary/aromatic N) is 1. The van der Waals surface area contributed by atoms with Crippen LogP contribution >= 0.6 is 0 Å². The Kier molecular flexibility index (Phi) is 5.41. The first-order chi connectivity index (χ1) is 9.69. The molecule has 0 atom stereocenters. The van der Waals surface area contributed by atoms with Crippen LogP contribution in [0.25, 0.3) is 0 Å². The first-order valence-electron chi connectivity index (χ1n) is 7.36. The summed E-state index contributed by atoms with van der Waals surface area (Å²) in [5.74, 6) is 1.61. The van der Waals surface area contributed by atoms with Crippen LogP contribution < -0.4 is 10.5 Å². The van der Waals surface area contributed by atoms with Gasteiger partial charge in [0.15, 0.2) is 0 Å². The summed E-state index contributed by atoms with van der Waals surface area (Å²) < 4.78 is 5.62. The van der Waals surface area contributed by atoms with Gasteiger partial charge in [-0.1, -0.05) is 12.1 Å². The van der Waals surface area contributed by atoms with Crippen LogP contribution in [0.2, 0.25) is 0 Å². The molecule has 1 heterocycles. The van der Waals surface area contributed by atoms with Crippen LogP contribution in [-0.2, 0) is 4.79 Å². The Morgan fingerprint density at radius 3 is 2.80 bits per heavy atom. The van der Waals surface area contributed by atoms with E-state index in [1.54, 1.807) is 0 Å². The van der Waals surface area contributed by atoms with E-state index in [-0.39, 0.29) is 5.91 Å². The molecule has 0 aromatic heterocycles. The third-order valence-electron chi connectivity index (χ3n) is 3.87. The minimum absolute atomic E-state index is 0.188. The molecule has 4 heteroatoms. The number of piperidine rings is 1. The number of hydrogen-bond acceptors (Lipinski definition) is 3. The van der Waals surface area contributed by atoms with Crippen LogP contribution in [0.5, 0.6) is 5.75 Å². The van der Waals surface area contributed by atoms with E-state index in [1.165, 1.54) is 0 Å². The second-order valence-corrected chi connectivity index (χ2v) is 5.47. The summed E-state index contributed by atoms with van der Waals surface area (Å²) in [5.41, 5.74) is 6.82. The zero-order valence-electron chi connectivity index (χ0n) is 12.2. The van der Waals surface area contributed by atoms with Gasteiger partial charge in [0.2, 0.25) is 5.91 Å². The number of carbonyl (C=O) groups excluding carboxylic acids is 1. The van der Waals surface area contributed by atoms with E-state index < -0.39 is 0 Å². The monoisotopic (exact) mass is 276 g/mol. The van der Waals surface area contributed by atoms with Gasteiger partial charge in [0.1, 0.15) is 5.75 Å². The highest BCUT2D eigenvalue weighted by molar-refractivity contribution is 5.76. The standard InChI is InChI=1S/C16H24N2O2/c1-13-3-2-4-15(11-13)20-10-7-16(19)18-8-5-14(12-17)6-9-18/h2-4,11,14H,5-10,12,17H2,1H3. The lowest BCUT2D eigenvalue weighted by Crippen LogP contribution is -2.40. The normalized spacial score (nSPS) is 16.2. The second-order valence-electron chi connectivity index (χ2n) is 5.47. The Balaban J connectivity index is 1.70. The number of amides is 1. The maximum absolute atomic E-state index is 12.1. The molecule has 4 nitrogen and oxygen atoms in total. The van der Waals surface area contributed by atoms with Gasteiger partial charge >= 0.3 is 0 Å². The van der Waals surface area contributed by atoms with E-state index >= 15 is 0 Å². The molecule has 1 aromatic carbocycles. The predicted octanol–water partition coefficient (Wildman–Crippen LogP) is 1.96. The topological polar surface area (TPSA) is 55.6 Å². The molecule has 0 bridgehead atoms. The summed E-state index contributed by atoms with van der Waals surface area (Å²) in [6.45, 7) is 4.88. The van der Waals surface area contributed by atoms with Crippen LogP contribution in [0.4, 0.5) is 0 Å². The molecular formula is C16H24N2O2. The summed E-state index contributed by atoms with van der Waals surface area (Å²) >= 11 is 0. The zero-order valence-corrected chi connectivity index (χ0v) is 12.2. The SMILES string of the molecule is Cc1cccc(OCCC(=O)N2CCC(CN)CC2)c1. The van der Waals surface area contributed by atoms with Gasteiger partial charge in [0.25, 0.3) is 0 Å². The molecule has 20 heavy (non-hydrogen) atoms. The van der Waals surface area contributed by atoms with Gasteiger partial charge in [0.05, 0.1) is 13.0 Å². The molecule has 1 amide bonds. The van der Waals surface area contributed by atoms with Gasteiger partial charge in [-0.15, -0.1) is 0 Å². The van der Waals surface area contributed by atoms with Gasteiger partial charge < -0.3 is 15.4 Å². The van der Waals surface area contributed by atoms with Crippen LogP contribution in [0.1, 0.15) is 24.8 Å². The first kappa shape index (κ1) is 14.9. The highest BCUT2D eigenvalue weighted by Crippen LogP contribution is 2.17. The van der Waals surface area contributed by atoms with Crippen molar-refractivity contribution in [3.05, 3.63) is 29.8 Å². The maximum Gasteiger partial charge on any atom is 0.225 e. The predicted molar refractivity (Wildman–Crippen MR) is 79.6 cm³/mol. The quantitative estimate of drug-likeness (QED) is 0.894. The maximum atomic E-state index is 12.1. The van der Waals surface area contributed by atoms with Crippen LogP contribution in [0.15, 0.2) is 24.3 Å². The molecule has 0 saturated carbocycles. The van der Waals surface area contributed by atoms with Gasteiger partial charge in [-0.3, -0.25) is 4.79 Å². The fourth-order valence-electron chi connectivity index (χ4n) is 2.54. The Morgan fingerprint density at radius 1 is 1.40 bits per heavy atom. The summed E-state index contributed by atoms with van der Waals surface area (Å²) in [7, 11) is 0. The molecular weight excluding hydrogens is 252 g/mol. The Hall–Kier alpha value is -1.55. The van der Waals surface area contributed by atoms with Crippen LogP contribution in [0, 0.1) is 12.8 Å². The highest BCUT2D eigenvalue weighted by atomic mass is 16.5. The number of ether oxygens (including phenoxy) is 1. The van der Waals surface area contributed by atoms with Gasteiger partial charge in [0, 0.05) is 13.1 Å². The van der Waals surface area contributed by atoms with E-state index in [9.17, 15) is 4.79 Å². The number of benzene rings is 1. The third kappa shape index (κ3) is 4.23. The van der Waals surface area contributed by atoms with Gasteiger partial charge in [-0.2, -0.15) is 0 Å². The zero-order chi connectivity index (χ0) is 14.4. The van der Waals surface area contributed by atoms with E-state index in [0.717, 1.165) is 43.8 Å². The fourth-order valence-corrected chi connectivity index (χ4v) is 2.54. The Bertz CT molecular complexity index is 440. The first-order valence-corrected chi connectivity index (χ1v) is 7.36. The van der Waals surface area contributed by atoms with Gasteiger partial charge in [-0.05, 0) is 49.9 Å². The lowest BCUT2D eigenvalue weighted by molar-refractivity contribution is -0.133. The number of carbonyl (C=O) groups is 1. The molecule has 2 rings (SSSR count). The molecule has 0 spiro atoms. The molecule has 0 unspecified atom stereocenters. The molecule has 0 aliphatic carbocycles. The number of rotatable bonds is 5. The minimum Gasteiger partial charge on any atom is -0.493 e. The summed E-state index contributed by atoms with van der Waals surface area (Å²) in [5, 5.41) is 0. The van der Waals surface area contributed by atoms with E-state index in [0.29, 0.717) is 18.9 Å². The molecule has 1 saturated heterocycles. The lowest BCUT2D eigenvalue weighted by Gasteiger charge is -2.31. The number of nitrogens with two attached hydrogens (primary N) is 1. The third-order valence-corrected chi connectivity index (χ3v) is 3.87. The Labute approximate surface area is 120 Å². The van der Waals surface area contributed by atoms with Crippen LogP contribution in [0.3, 0.4) is 0 Å². The van der Waals surface area contributed by atoms with Crippen molar-refractivity contribution in [1.29, 1.82) is 0 Å². The number of hydrogen-bond donors (Lipinski definition) is 1. The van der Waals surface area contributed by atoms with Crippen molar-refractivity contribution in [3.63, 3.8) is 0 Å². The average Bonchev–Trinajstić information content (AvgIpc) is 2.47. The van der Waals surface area contributed by atoms with Crippen molar-refractivity contribution in [1.82, 2.24) is 4.90 Å². The average molecular weight is 276 g/mol. The minimum atomic E-state index is 0.188. The number of aryl methyl sites for hydroxylation is 1. The van der Waals surface area contributed by atoms with Crippen molar-refractivity contribution >= 4 is 5.91 Å². The fraction of sp³-hybridized carbons (Fsp3) is 0.562. The van der Waals surface area contributed by atoms with Crippen molar-refractivity contribution in [2.24, 2.45) is 11.7 Å². The summed E-state index contributed by atoms with van der Waals surface area (Å²) in [6, 6.07) is 7.89. The van der Waals surface area contributed by atoms with Crippen molar-refractivity contribution in [3.8, 4) is 5.75 Å². The number of likely N-dealkylation sites (tertiary alicyclic amines) is 1. The smallest absolute Gasteiger partial charge is 0.225 e. The summed E-state index contributed by atoms with van der Waals surface area (Å²) in [4.78, 5) is 14.0. The lowest BCUT2D eigenvalue weighted by atomic mass is 9.97. The van der Waals surface area contributed by atoms with Crippen LogP contribution in [-0.4, -0.2) is 37.0 Å². The molecule has 1 aliphatic rings. The Morgan fingerprint density at radius 2 is 2.15 bits per heavy atom. The molecule has 110 valence electrons. The molecule has 1 aliphatic heterocycles. The van der Waals surface area contributed by atoms with E-state index in [2.05, 4.69) is 0 Å². The molecule has 0 radical (unpaired) electrons. The molecule has 1 fully saturated rings. The second kappa shape index (κ2) is 7.29. The summed E-state index contributed by atoms with van der Waals surface area (Å²) in [6.07, 6.45) is 2.50. The molecule has 1 aromatic rings. The van der Waals surface area contributed by atoms with Crippen molar-refractivity contribution < 1.29 is 9.53 Å². The van der Waals surface area contributed by atoms with E-state index in [1.807, 2.05) is 36.1 Å². The van der Waals surface area contributed by atoms with Crippen molar-refractivity contribution in [2.75, 3.05) is 26.2 Å². The van der Waals surface area contributed by atoms with Gasteiger partial charge in [-0.25, -0.2) is 0 Å². The largest absolute Gasteiger partial charge is 0.493 e.